The summed E-state index contributed by atoms with van der Waals surface area (Å²) in [4.78, 5) is 14.5. The SMILES string of the molecule is COC(=O)COc1ccccn1. The fourth-order valence-electron chi connectivity index (χ4n) is 0.624. The summed E-state index contributed by atoms with van der Waals surface area (Å²) < 4.78 is 9.35. The van der Waals surface area contributed by atoms with Gasteiger partial charge in [0.1, 0.15) is 0 Å². The molecule has 0 aliphatic rings. The molecule has 64 valence electrons. The summed E-state index contributed by atoms with van der Waals surface area (Å²) in [5, 5.41) is 0. The van der Waals surface area contributed by atoms with E-state index < -0.39 is 5.97 Å². The number of rotatable bonds is 3. The first-order valence-corrected chi connectivity index (χ1v) is 3.43. The third-order valence-corrected chi connectivity index (χ3v) is 1.20. The Morgan fingerprint density at radius 3 is 3.00 bits per heavy atom. The van der Waals surface area contributed by atoms with Crippen LogP contribution in [0.2, 0.25) is 0 Å². The van der Waals surface area contributed by atoms with Crippen LogP contribution < -0.4 is 4.74 Å². The van der Waals surface area contributed by atoms with E-state index in [0.29, 0.717) is 5.88 Å². The molecule has 0 unspecified atom stereocenters. The van der Waals surface area contributed by atoms with Gasteiger partial charge in [0, 0.05) is 12.3 Å². The van der Waals surface area contributed by atoms with Crippen molar-refractivity contribution in [3.63, 3.8) is 0 Å². The minimum absolute atomic E-state index is 0.104. The minimum Gasteiger partial charge on any atom is -0.466 e. The third kappa shape index (κ3) is 2.57. The number of ether oxygens (including phenoxy) is 2. The molecule has 12 heavy (non-hydrogen) atoms. The number of esters is 1. The van der Waals surface area contributed by atoms with Crippen LogP contribution in [0.15, 0.2) is 24.4 Å². The Morgan fingerprint density at radius 1 is 1.58 bits per heavy atom. The van der Waals surface area contributed by atoms with Crippen molar-refractivity contribution in [1.82, 2.24) is 4.98 Å². The lowest BCUT2D eigenvalue weighted by molar-refractivity contribution is -0.143. The van der Waals surface area contributed by atoms with Crippen molar-refractivity contribution in [1.29, 1.82) is 0 Å². The molecule has 0 N–H and O–H groups in total. The second-order valence-corrected chi connectivity index (χ2v) is 2.03. The molecule has 1 aromatic rings. The average molecular weight is 167 g/mol. The van der Waals surface area contributed by atoms with E-state index in [2.05, 4.69) is 9.72 Å². The minimum atomic E-state index is -0.416. The fraction of sp³-hybridized carbons (Fsp3) is 0.250. The molecule has 0 aromatic carbocycles. The maximum absolute atomic E-state index is 10.6. The van der Waals surface area contributed by atoms with Crippen LogP contribution in [-0.2, 0) is 9.53 Å². The molecule has 0 radical (unpaired) electrons. The predicted octanol–water partition coefficient (Wildman–Crippen LogP) is 0.633. The summed E-state index contributed by atoms with van der Waals surface area (Å²) in [6.45, 7) is -0.104. The molecule has 0 amide bonds. The lowest BCUT2D eigenvalue weighted by Gasteiger charge is -2.01. The van der Waals surface area contributed by atoms with Gasteiger partial charge in [0.25, 0.3) is 0 Å². The van der Waals surface area contributed by atoms with Crippen LogP contribution in [0.3, 0.4) is 0 Å². The molecular formula is C8H9NO3. The van der Waals surface area contributed by atoms with Gasteiger partial charge in [0.15, 0.2) is 6.61 Å². The van der Waals surface area contributed by atoms with Gasteiger partial charge in [-0.05, 0) is 6.07 Å². The fourth-order valence-corrected chi connectivity index (χ4v) is 0.624. The highest BCUT2D eigenvalue weighted by Crippen LogP contribution is 2.02. The Kier molecular flexibility index (Phi) is 3.07. The zero-order valence-corrected chi connectivity index (χ0v) is 6.69. The number of methoxy groups -OCH3 is 1. The first-order valence-electron chi connectivity index (χ1n) is 3.43. The van der Waals surface area contributed by atoms with E-state index in [0.717, 1.165) is 0 Å². The molecule has 4 heteroatoms. The lowest BCUT2D eigenvalue weighted by atomic mass is 10.5. The number of hydrogen-bond acceptors (Lipinski definition) is 4. The second kappa shape index (κ2) is 4.33. The summed E-state index contributed by atoms with van der Waals surface area (Å²) in [5.41, 5.74) is 0. The summed E-state index contributed by atoms with van der Waals surface area (Å²) >= 11 is 0. The zero-order chi connectivity index (χ0) is 8.81. The van der Waals surface area contributed by atoms with Crippen molar-refractivity contribution in [3.8, 4) is 5.88 Å². The summed E-state index contributed by atoms with van der Waals surface area (Å²) in [5.74, 6) is 0.00329. The van der Waals surface area contributed by atoms with Crippen molar-refractivity contribution in [2.24, 2.45) is 0 Å². The smallest absolute Gasteiger partial charge is 0.343 e. The van der Waals surface area contributed by atoms with Crippen LogP contribution in [0.1, 0.15) is 0 Å². The van der Waals surface area contributed by atoms with Crippen LogP contribution in [0.4, 0.5) is 0 Å². The molecule has 0 bridgehead atoms. The first-order chi connectivity index (χ1) is 5.83. The van der Waals surface area contributed by atoms with E-state index in [-0.39, 0.29) is 6.61 Å². The van der Waals surface area contributed by atoms with Gasteiger partial charge in [-0.2, -0.15) is 0 Å². The van der Waals surface area contributed by atoms with Crippen LogP contribution >= 0.6 is 0 Å². The Labute approximate surface area is 70.1 Å². The van der Waals surface area contributed by atoms with E-state index in [1.165, 1.54) is 7.11 Å². The van der Waals surface area contributed by atoms with Gasteiger partial charge in [0.2, 0.25) is 5.88 Å². The quantitative estimate of drug-likeness (QED) is 0.619. The molecule has 1 aromatic heterocycles. The van der Waals surface area contributed by atoms with Gasteiger partial charge >= 0.3 is 5.97 Å². The lowest BCUT2D eigenvalue weighted by Crippen LogP contribution is -2.12. The molecule has 1 heterocycles. The maximum atomic E-state index is 10.6. The third-order valence-electron chi connectivity index (χ3n) is 1.20. The van der Waals surface area contributed by atoms with Crippen LogP contribution in [0.5, 0.6) is 5.88 Å². The Bertz CT molecular complexity index is 248. The molecule has 0 saturated carbocycles. The number of pyridine rings is 1. The van der Waals surface area contributed by atoms with Crippen LogP contribution in [0.25, 0.3) is 0 Å². The maximum Gasteiger partial charge on any atom is 0.343 e. The average Bonchev–Trinajstić information content (AvgIpc) is 2.16. The van der Waals surface area contributed by atoms with Gasteiger partial charge in [-0.1, -0.05) is 6.07 Å². The number of nitrogens with zero attached hydrogens (tertiary/aromatic N) is 1. The van der Waals surface area contributed by atoms with E-state index in [4.69, 9.17) is 4.74 Å². The van der Waals surface area contributed by atoms with Crippen LogP contribution in [0, 0.1) is 0 Å². The predicted molar refractivity (Wildman–Crippen MR) is 41.7 cm³/mol. The second-order valence-electron chi connectivity index (χ2n) is 2.03. The Hall–Kier alpha value is -1.58. The normalized spacial score (nSPS) is 9.08. The molecular weight excluding hydrogens is 158 g/mol. The highest BCUT2D eigenvalue weighted by molar-refractivity contribution is 5.70. The number of aromatic nitrogens is 1. The van der Waals surface area contributed by atoms with E-state index in [1.54, 1.807) is 24.4 Å². The molecule has 0 spiro atoms. The number of carbonyl (C=O) groups excluding carboxylic acids is 1. The topological polar surface area (TPSA) is 48.4 Å². The van der Waals surface area contributed by atoms with Crippen molar-refractivity contribution in [2.45, 2.75) is 0 Å². The molecule has 0 aliphatic carbocycles. The first kappa shape index (κ1) is 8.52. The Morgan fingerprint density at radius 2 is 2.42 bits per heavy atom. The van der Waals surface area contributed by atoms with Crippen molar-refractivity contribution in [2.75, 3.05) is 13.7 Å². The van der Waals surface area contributed by atoms with E-state index >= 15 is 0 Å². The van der Waals surface area contributed by atoms with Crippen LogP contribution in [-0.4, -0.2) is 24.7 Å². The highest BCUT2D eigenvalue weighted by atomic mass is 16.6. The highest BCUT2D eigenvalue weighted by Gasteiger charge is 2.00. The van der Waals surface area contributed by atoms with E-state index in [9.17, 15) is 4.79 Å². The van der Waals surface area contributed by atoms with E-state index in [1.807, 2.05) is 0 Å². The molecule has 0 atom stereocenters. The monoisotopic (exact) mass is 167 g/mol. The Balaban J connectivity index is 2.38. The molecule has 4 nitrogen and oxygen atoms in total. The van der Waals surface area contributed by atoms with Gasteiger partial charge in [0.05, 0.1) is 7.11 Å². The molecule has 0 saturated heterocycles. The summed E-state index contributed by atoms with van der Waals surface area (Å²) in [7, 11) is 1.31. The summed E-state index contributed by atoms with van der Waals surface area (Å²) in [6, 6.07) is 5.22. The number of carbonyl (C=O) groups is 1. The van der Waals surface area contributed by atoms with Gasteiger partial charge in [-0.25, -0.2) is 9.78 Å². The van der Waals surface area contributed by atoms with Gasteiger partial charge in [-0.3, -0.25) is 0 Å². The van der Waals surface area contributed by atoms with Gasteiger partial charge < -0.3 is 9.47 Å². The van der Waals surface area contributed by atoms with Crippen molar-refractivity contribution >= 4 is 5.97 Å². The standard InChI is InChI=1S/C8H9NO3/c1-11-8(10)6-12-7-4-2-3-5-9-7/h2-5H,6H2,1H3. The molecule has 0 fully saturated rings. The number of hydrogen-bond donors (Lipinski definition) is 0. The summed E-state index contributed by atoms with van der Waals surface area (Å²) in [6.07, 6.45) is 1.59. The largest absolute Gasteiger partial charge is 0.466 e. The molecule has 1 rings (SSSR count). The van der Waals surface area contributed by atoms with Crippen molar-refractivity contribution in [3.05, 3.63) is 24.4 Å². The van der Waals surface area contributed by atoms with Gasteiger partial charge in [-0.15, -0.1) is 0 Å². The zero-order valence-electron chi connectivity index (χ0n) is 6.69. The van der Waals surface area contributed by atoms with Crippen molar-refractivity contribution < 1.29 is 14.3 Å². The molecule has 0 aliphatic heterocycles.